The summed E-state index contributed by atoms with van der Waals surface area (Å²) in [5.74, 6) is -0.275. The molecule has 0 fully saturated rings. The minimum absolute atomic E-state index is 0.0155. The van der Waals surface area contributed by atoms with Crippen molar-refractivity contribution in [2.45, 2.75) is 6.04 Å². The molecule has 0 radical (unpaired) electrons. The van der Waals surface area contributed by atoms with Gasteiger partial charge in [-0.3, -0.25) is 9.69 Å². The van der Waals surface area contributed by atoms with Crippen molar-refractivity contribution in [3.63, 3.8) is 0 Å². The first-order chi connectivity index (χ1) is 11.2. The summed E-state index contributed by atoms with van der Waals surface area (Å²) >= 11 is 0. The third-order valence-corrected chi connectivity index (χ3v) is 4.21. The number of nitriles is 1. The smallest absolute Gasteiger partial charge is 0.260 e. The van der Waals surface area contributed by atoms with Crippen molar-refractivity contribution < 1.29 is 9.90 Å². The maximum atomic E-state index is 13.0. The Morgan fingerprint density at radius 2 is 1.74 bits per heavy atom. The number of para-hydroxylation sites is 2. The number of carbonyl (C=O) groups is 1. The molecule has 1 unspecified atom stereocenters. The topological polar surface area (TPSA) is 64.3 Å². The quantitative estimate of drug-likeness (QED) is 0.744. The summed E-state index contributed by atoms with van der Waals surface area (Å²) in [5, 5.41) is 21.5. The van der Waals surface area contributed by atoms with E-state index in [9.17, 15) is 15.2 Å². The molecule has 0 saturated carbocycles. The molecule has 23 heavy (non-hydrogen) atoms. The Morgan fingerprint density at radius 1 is 1.00 bits per heavy atom. The highest BCUT2D eigenvalue weighted by molar-refractivity contribution is 6.19. The zero-order valence-corrected chi connectivity index (χ0v) is 12.1. The molecule has 4 rings (SSSR count). The summed E-state index contributed by atoms with van der Waals surface area (Å²) in [7, 11) is 0. The minimum Gasteiger partial charge on any atom is -0.506 e. The van der Waals surface area contributed by atoms with Crippen molar-refractivity contribution in [1.29, 1.82) is 5.26 Å². The predicted octanol–water partition coefficient (Wildman–Crippen LogP) is 3.77. The molecule has 4 nitrogen and oxygen atoms in total. The largest absolute Gasteiger partial charge is 0.506 e. The summed E-state index contributed by atoms with van der Waals surface area (Å²) in [6.07, 6.45) is 0. The van der Waals surface area contributed by atoms with Gasteiger partial charge in [0.25, 0.3) is 5.91 Å². The summed E-state index contributed by atoms with van der Waals surface area (Å²) < 4.78 is 0. The Bertz CT molecular complexity index is 988. The fourth-order valence-corrected chi connectivity index (χ4v) is 3.18. The molecular weight excluding hydrogens is 288 g/mol. The summed E-state index contributed by atoms with van der Waals surface area (Å²) in [5.41, 5.74) is 1.57. The van der Waals surface area contributed by atoms with Crippen LogP contribution < -0.4 is 4.90 Å². The van der Waals surface area contributed by atoms with Crippen LogP contribution in [-0.4, -0.2) is 11.0 Å². The van der Waals surface area contributed by atoms with E-state index in [0.29, 0.717) is 16.8 Å². The van der Waals surface area contributed by atoms with Gasteiger partial charge in [0.05, 0.1) is 17.3 Å². The number of phenols is 1. The molecule has 1 atom stereocenters. The van der Waals surface area contributed by atoms with Crippen LogP contribution in [-0.2, 0) is 0 Å². The van der Waals surface area contributed by atoms with Gasteiger partial charge >= 0.3 is 0 Å². The van der Waals surface area contributed by atoms with Gasteiger partial charge < -0.3 is 5.11 Å². The third kappa shape index (κ3) is 1.80. The van der Waals surface area contributed by atoms with Crippen molar-refractivity contribution in [1.82, 2.24) is 0 Å². The fourth-order valence-electron chi connectivity index (χ4n) is 3.18. The number of fused-ring (bicyclic) bond motifs is 3. The Hall–Kier alpha value is -3.32. The van der Waals surface area contributed by atoms with Crippen molar-refractivity contribution in [3.8, 4) is 11.8 Å². The Morgan fingerprint density at radius 3 is 2.52 bits per heavy atom. The highest BCUT2D eigenvalue weighted by Gasteiger charge is 2.40. The van der Waals surface area contributed by atoms with E-state index in [0.717, 1.165) is 10.8 Å². The average Bonchev–Trinajstić information content (AvgIpc) is 2.87. The molecular formula is C19H12N2O2. The second-order valence-corrected chi connectivity index (χ2v) is 5.45. The number of hydrogen-bond acceptors (Lipinski definition) is 3. The van der Waals surface area contributed by atoms with Gasteiger partial charge in [-0.05, 0) is 22.9 Å². The Balaban J connectivity index is 1.99. The lowest BCUT2D eigenvalue weighted by Gasteiger charge is -2.20. The van der Waals surface area contributed by atoms with Gasteiger partial charge in [-0.25, -0.2) is 0 Å². The lowest BCUT2D eigenvalue weighted by atomic mass is 9.98. The number of aromatic hydroxyl groups is 1. The number of rotatable bonds is 1. The second-order valence-electron chi connectivity index (χ2n) is 5.45. The first kappa shape index (κ1) is 13.4. The number of amides is 1. The molecule has 1 amide bonds. The van der Waals surface area contributed by atoms with Gasteiger partial charge in [0.2, 0.25) is 0 Å². The van der Waals surface area contributed by atoms with E-state index in [-0.39, 0.29) is 11.7 Å². The van der Waals surface area contributed by atoms with Crippen LogP contribution >= 0.6 is 0 Å². The van der Waals surface area contributed by atoms with Crippen molar-refractivity contribution in [2.75, 3.05) is 4.90 Å². The van der Waals surface area contributed by atoms with Crippen LogP contribution in [0.25, 0.3) is 10.8 Å². The van der Waals surface area contributed by atoms with Gasteiger partial charge in [-0.15, -0.1) is 0 Å². The van der Waals surface area contributed by atoms with E-state index in [2.05, 4.69) is 6.07 Å². The summed E-state index contributed by atoms with van der Waals surface area (Å²) in [4.78, 5) is 14.4. The lowest BCUT2D eigenvalue weighted by Crippen LogP contribution is -2.27. The standard InChI is InChI=1S/C19H12N2O2/c20-11-16-14-10-9-12-5-1-2-6-13(12)18(14)19(23)21(16)15-7-3-4-8-17(15)22/h1-10,16,22H. The fraction of sp³-hybridized carbons (Fsp3) is 0.0526. The highest BCUT2D eigenvalue weighted by atomic mass is 16.3. The van der Waals surface area contributed by atoms with Crippen LogP contribution in [0.4, 0.5) is 5.69 Å². The van der Waals surface area contributed by atoms with Gasteiger partial charge in [0, 0.05) is 5.56 Å². The number of carbonyl (C=O) groups excluding carboxylic acids is 1. The van der Waals surface area contributed by atoms with Gasteiger partial charge in [0.1, 0.15) is 5.75 Å². The molecule has 110 valence electrons. The molecule has 0 aliphatic carbocycles. The third-order valence-electron chi connectivity index (χ3n) is 4.21. The molecule has 1 aliphatic rings. The molecule has 0 spiro atoms. The van der Waals surface area contributed by atoms with Gasteiger partial charge in [0.15, 0.2) is 6.04 Å². The van der Waals surface area contributed by atoms with Crippen LogP contribution in [0.5, 0.6) is 5.75 Å². The second kappa shape index (κ2) is 4.85. The molecule has 3 aromatic carbocycles. The molecule has 0 bridgehead atoms. The maximum absolute atomic E-state index is 13.0. The molecule has 1 heterocycles. The van der Waals surface area contributed by atoms with Crippen LogP contribution in [0.2, 0.25) is 0 Å². The molecule has 0 aromatic heterocycles. The molecule has 1 aliphatic heterocycles. The van der Waals surface area contributed by atoms with Crippen molar-refractivity contribution >= 4 is 22.4 Å². The van der Waals surface area contributed by atoms with Crippen LogP contribution in [0.15, 0.2) is 60.7 Å². The van der Waals surface area contributed by atoms with Gasteiger partial charge in [-0.2, -0.15) is 5.26 Å². The van der Waals surface area contributed by atoms with E-state index >= 15 is 0 Å². The van der Waals surface area contributed by atoms with Gasteiger partial charge in [-0.1, -0.05) is 48.5 Å². The summed E-state index contributed by atoms with van der Waals surface area (Å²) in [6.45, 7) is 0. The van der Waals surface area contributed by atoms with Crippen LogP contribution in [0.1, 0.15) is 22.0 Å². The lowest BCUT2D eigenvalue weighted by molar-refractivity contribution is 0.0995. The number of anilines is 1. The number of benzene rings is 3. The molecule has 0 saturated heterocycles. The van der Waals surface area contributed by atoms with Crippen LogP contribution in [0, 0.1) is 11.3 Å². The zero-order chi connectivity index (χ0) is 16.0. The number of hydrogen-bond donors (Lipinski definition) is 1. The average molecular weight is 300 g/mol. The zero-order valence-electron chi connectivity index (χ0n) is 12.1. The summed E-state index contributed by atoms with van der Waals surface area (Å²) in [6, 6.07) is 19.4. The van der Waals surface area contributed by atoms with E-state index in [1.807, 2.05) is 36.4 Å². The first-order valence-electron chi connectivity index (χ1n) is 7.25. The van der Waals surface area contributed by atoms with Crippen LogP contribution in [0.3, 0.4) is 0 Å². The first-order valence-corrected chi connectivity index (χ1v) is 7.25. The van der Waals surface area contributed by atoms with Crippen molar-refractivity contribution in [2.24, 2.45) is 0 Å². The molecule has 4 heteroatoms. The number of nitrogens with zero attached hydrogens (tertiary/aromatic N) is 2. The van der Waals surface area contributed by atoms with E-state index in [4.69, 9.17) is 0 Å². The molecule has 1 N–H and O–H groups in total. The molecule has 3 aromatic rings. The minimum atomic E-state index is -0.740. The Labute approximate surface area is 132 Å². The Kier molecular flexibility index (Phi) is 2.82. The number of phenolic OH excluding ortho intramolecular Hbond substituents is 1. The normalized spacial score (nSPS) is 16.4. The predicted molar refractivity (Wildman–Crippen MR) is 87.2 cm³/mol. The van der Waals surface area contributed by atoms with Crippen molar-refractivity contribution in [3.05, 3.63) is 71.8 Å². The van der Waals surface area contributed by atoms with E-state index in [1.165, 1.54) is 11.0 Å². The SMILES string of the molecule is N#CC1c2ccc3ccccc3c2C(=O)N1c1ccccc1O. The maximum Gasteiger partial charge on any atom is 0.260 e. The van der Waals surface area contributed by atoms with E-state index < -0.39 is 6.04 Å². The van der Waals surface area contributed by atoms with E-state index in [1.54, 1.807) is 18.2 Å². The monoisotopic (exact) mass is 300 g/mol. The highest BCUT2D eigenvalue weighted by Crippen LogP contribution is 2.42.